The zero-order chi connectivity index (χ0) is 17.9. The summed E-state index contributed by atoms with van der Waals surface area (Å²) in [6.07, 6.45) is 4.29. The Morgan fingerprint density at radius 2 is 2.19 bits per heavy atom. The van der Waals surface area contributed by atoms with Gasteiger partial charge in [-0.1, -0.05) is 12.1 Å². The van der Waals surface area contributed by atoms with Crippen LogP contribution in [0.4, 0.5) is 0 Å². The summed E-state index contributed by atoms with van der Waals surface area (Å²) in [7, 11) is 0. The molecule has 0 spiro atoms. The summed E-state index contributed by atoms with van der Waals surface area (Å²) in [6, 6.07) is 14.5. The average Bonchev–Trinajstić information content (AvgIpc) is 3.15. The van der Waals surface area contributed by atoms with Crippen molar-refractivity contribution >= 4 is 16.8 Å². The molecule has 132 valence electrons. The summed E-state index contributed by atoms with van der Waals surface area (Å²) in [4.78, 5) is 23.0. The molecule has 1 amide bonds. The van der Waals surface area contributed by atoms with Crippen LogP contribution < -0.4 is 5.32 Å². The van der Waals surface area contributed by atoms with Crippen LogP contribution >= 0.6 is 0 Å². The Labute approximate surface area is 153 Å². The highest BCUT2D eigenvalue weighted by molar-refractivity contribution is 5.94. The van der Waals surface area contributed by atoms with Crippen LogP contribution in [0.15, 0.2) is 54.9 Å². The summed E-state index contributed by atoms with van der Waals surface area (Å²) in [5, 5.41) is 4.74. The Hall–Kier alpha value is -2.79. The number of pyridine rings is 2. The first-order chi connectivity index (χ1) is 12.7. The molecule has 0 bridgehead atoms. The number of carbonyl (C=O) groups is 1. The van der Waals surface area contributed by atoms with Gasteiger partial charge in [-0.15, -0.1) is 0 Å². The van der Waals surface area contributed by atoms with Crippen LogP contribution in [0, 0.1) is 6.92 Å². The monoisotopic (exact) mass is 346 g/mol. The average molecular weight is 346 g/mol. The summed E-state index contributed by atoms with van der Waals surface area (Å²) < 4.78 is 0. The third kappa shape index (κ3) is 3.58. The first kappa shape index (κ1) is 16.7. The highest BCUT2D eigenvalue weighted by atomic mass is 16.2. The quantitative estimate of drug-likeness (QED) is 0.789. The number of hydrogen-bond acceptors (Lipinski definition) is 4. The zero-order valence-electron chi connectivity index (χ0n) is 14.9. The molecule has 3 aromatic rings. The molecule has 0 radical (unpaired) electrons. The Balaban J connectivity index is 1.36. The minimum Gasteiger partial charge on any atom is -0.337 e. The number of aryl methyl sites for hydroxylation is 1. The van der Waals surface area contributed by atoms with E-state index in [1.807, 2.05) is 24.0 Å². The van der Waals surface area contributed by atoms with E-state index in [0.717, 1.165) is 42.7 Å². The van der Waals surface area contributed by atoms with Gasteiger partial charge >= 0.3 is 0 Å². The van der Waals surface area contributed by atoms with Crippen LogP contribution in [0.1, 0.15) is 28.0 Å². The van der Waals surface area contributed by atoms with E-state index in [4.69, 9.17) is 0 Å². The van der Waals surface area contributed by atoms with Gasteiger partial charge in [0.15, 0.2) is 0 Å². The molecule has 0 saturated carbocycles. The first-order valence-corrected chi connectivity index (χ1v) is 8.98. The van der Waals surface area contributed by atoms with E-state index in [-0.39, 0.29) is 5.91 Å². The predicted molar refractivity (Wildman–Crippen MR) is 102 cm³/mol. The first-order valence-electron chi connectivity index (χ1n) is 8.98. The second-order valence-corrected chi connectivity index (χ2v) is 6.84. The van der Waals surface area contributed by atoms with Crippen molar-refractivity contribution in [1.82, 2.24) is 20.2 Å². The van der Waals surface area contributed by atoms with Crippen molar-refractivity contribution < 1.29 is 4.79 Å². The van der Waals surface area contributed by atoms with Gasteiger partial charge in [0.2, 0.25) is 0 Å². The van der Waals surface area contributed by atoms with Crippen LogP contribution in [0.3, 0.4) is 0 Å². The Kier molecular flexibility index (Phi) is 4.63. The predicted octanol–water partition coefficient (Wildman–Crippen LogP) is 2.94. The van der Waals surface area contributed by atoms with Gasteiger partial charge in [-0.25, -0.2) is 0 Å². The maximum Gasteiger partial charge on any atom is 0.255 e. The second kappa shape index (κ2) is 7.22. The molecule has 1 atom stereocenters. The fourth-order valence-corrected chi connectivity index (χ4v) is 3.43. The maximum absolute atomic E-state index is 12.5. The minimum atomic E-state index is 0.0644. The lowest BCUT2D eigenvalue weighted by Gasteiger charge is -2.17. The van der Waals surface area contributed by atoms with Gasteiger partial charge in [-0.3, -0.25) is 14.8 Å². The lowest BCUT2D eigenvalue weighted by molar-refractivity contribution is 0.0789. The summed E-state index contributed by atoms with van der Waals surface area (Å²) in [5.41, 5.74) is 3.96. The van der Waals surface area contributed by atoms with Crippen molar-refractivity contribution in [3.05, 3.63) is 71.7 Å². The van der Waals surface area contributed by atoms with E-state index >= 15 is 0 Å². The molecule has 1 aliphatic heterocycles. The zero-order valence-corrected chi connectivity index (χ0v) is 14.9. The standard InChI is InChI=1S/C21H22N4O/c1-15-4-6-17-11-16(5-7-20(17)24-15)12-23-19-8-10-25(14-19)21(26)18-3-2-9-22-13-18/h2-7,9,11,13,19,23H,8,10,12,14H2,1H3. The fourth-order valence-electron chi connectivity index (χ4n) is 3.43. The number of carbonyl (C=O) groups excluding carboxylic acids is 1. The molecule has 2 aromatic heterocycles. The number of aromatic nitrogens is 2. The van der Waals surface area contributed by atoms with Crippen molar-refractivity contribution in [2.24, 2.45) is 0 Å². The molecular weight excluding hydrogens is 324 g/mol. The number of likely N-dealkylation sites (tertiary alicyclic amines) is 1. The van der Waals surface area contributed by atoms with E-state index in [0.29, 0.717) is 11.6 Å². The molecule has 1 N–H and O–H groups in total. The molecule has 5 heteroatoms. The highest BCUT2D eigenvalue weighted by Crippen LogP contribution is 2.17. The van der Waals surface area contributed by atoms with Crippen molar-refractivity contribution in [3.63, 3.8) is 0 Å². The fraction of sp³-hybridized carbons (Fsp3) is 0.286. The number of amides is 1. The molecule has 1 aromatic carbocycles. The number of nitrogens with zero attached hydrogens (tertiary/aromatic N) is 3. The SMILES string of the molecule is Cc1ccc2cc(CNC3CCN(C(=O)c4cccnc4)C3)ccc2n1. The number of rotatable bonds is 4. The van der Waals surface area contributed by atoms with Gasteiger partial charge in [0.25, 0.3) is 5.91 Å². The third-order valence-corrected chi connectivity index (χ3v) is 4.87. The summed E-state index contributed by atoms with van der Waals surface area (Å²) in [6.45, 7) is 4.32. The van der Waals surface area contributed by atoms with Gasteiger partial charge in [-0.2, -0.15) is 0 Å². The van der Waals surface area contributed by atoms with Crippen LogP contribution in [-0.4, -0.2) is 39.9 Å². The number of fused-ring (bicyclic) bond motifs is 1. The molecule has 1 saturated heterocycles. The van der Waals surface area contributed by atoms with Gasteiger partial charge in [0.05, 0.1) is 11.1 Å². The van der Waals surface area contributed by atoms with Crippen molar-refractivity contribution in [1.29, 1.82) is 0 Å². The Bertz CT molecular complexity index is 926. The second-order valence-electron chi connectivity index (χ2n) is 6.84. The molecule has 0 aliphatic carbocycles. The van der Waals surface area contributed by atoms with Gasteiger partial charge in [0.1, 0.15) is 0 Å². The molecule has 1 fully saturated rings. The molecule has 4 rings (SSSR count). The van der Waals surface area contributed by atoms with E-state index in [1.165, 1.54) is 5.56 Å². The van der Waals surface area contributed by atoms with E-state index in [2.05, 4.69) is 39.6 Å². The molecule has 3 heterocycles. The van der Waals surface area contributed by atoms with Crippen molar-refractivity contribution in [2.75, 3.05) is 13.1 Å². The van der Waals surface area contributed by atoms with Gasteiger partial charge in [-0.05, 0) is 49.2 Å². The van der Waals surface area contributed by atoms with Crippen LogP contribution in [0.2, 0.25) is 0 Å². The molecule has 26 heavy (non-hydrogen) atoms. The molecular formula is C21H22N4O. The lowest BCUT2D eigenvalue weighted by atomic mass is 10.1. The van der Waals surface area contributed by atoms with Crippen molar-refractivity contribution in [2.45, 2.75) is 25.9 Å². The van der Waals surface area contributed by atoms with Crippen molar-refractivity contribution in [3.8, 4) is 0 Å². The van der Waals surface area contributed by atoms with Gasteiger partial charge in [0, 0.05) is 49.1 Å². The number of benzene rings is 1. The van der Waals surface area contributed by atoms with Crippen LogP contribution in [0.25, 0.3) is 10.9 Å². The minimum absolute atomic E-state index is 0.0644. The molecule has 1 aliphatic rings. The third-order valence-electron chi connectivity index (χ3n) is 4.87. The van der Waals surface area contributed by atoms with Crippen LogP contribution in [0.5, 0.6) is 0 Å². The number of nitrogens with one attached hydrogen (secondary N) is 1. The Morgan fingerprint density at radius 3 is 3.04 bits per heavy atom. The topological polar surface area (TPSA) is 58.1 Å². The van der Waals surface area contributed by atoms with E-state index in [9.17, 15) is 4.79 Å². The smallest absolute Gasteiger partial charge is 0.255 e. The highest BCUT2D eigenvalue weighted by Gasteiger charge is 2.26. The summed E-state index contributed by atoms with van der Waals surface area (Å²) >= 11 is 0. The normalized spacial score (nSPS) is 17.0. The molecule has 1 unspecified atom stereocenters. The largest absolute Gasteiger partial charge is 0.337 e. The van der Waals surface area contributed by atoms with Crippen LogP contribution in [-0.2, 0) is 6.54 Å². The summed E-state index contributed by atoms with van der Waals surface area (Å²) in [5.74, 6) is 0.0644. The van der Waals surface area contributed by atoms with E-state index < -0.39 is 0 Å². The lowest BCUT2D eigenvalue weighted by Crippen LogP contribution is -2.34. The number of hydrogen-bond donors (Lipinski definition) is 1. The maximum atomic E-state index is 12.5. The van der Waals surface area contributed by atoms with E-state index in [1.54, 1.807) is 18.5 Å². The van der Waals surface area contributed by atoms with Gasteiger partial charge < -0.3 is 10.2 Å². The molecule has 5 nitrogen and oxygen atoms in total. The Morgan fingerprint density at radius 1 is 1.27 bits per heavy atom.